The van der Waals surface area contributed by atoms with Crippen molar-refractivity contribution in [3.05, 3.63) is 12.7 Å². The zero-order chi connectivity index (χ0) is 5.70. The van der Waals surface area contributed by atoms with Crippen molar-refractivity contribution in [3.8, 4) is 0 Å². The number of hydrogen-bond acceptors (Lipinski definition) is 1. The normalized spacial score (nSPS) is 13.9. The molecule has 0 aromatic carbocycles. The Labute approximate surface area is 51.7 Å². The average molecular weight is 137 g/mol. The minimum absolute atomic E-state index is 0.0574. The Balaban J connectivity index is 2.81. The summed E-state index contributed by atoms with van der Waals surface area (Å²) in [5.74, 6) is 0. The first-order valence-corrected chi connectivity index (χ1v) is 3.73. The van der Waals surface area contributed by atoms with Crippen molar-refractivity contribution in [2.75, 3.05) is 6.61 Å². The molecule has 0 N–H and O–H groups in total. The monoisotopic (exact) mass is 136 g/mol. The van der Waals surface area contributed by atoms with E-state index in [-0.39, 0.29) is 5.19 Å². The molecule has 0 bridgehead atoms. The summed E-state index contributed by atoms with van der Waals surface area (Å²) < 4.78 is 4.90. The highest BCUT2D eigenvalue weighted by atomic mass is 35.5. The fraction of sp³-hybridized carbons (Fsp3) is 0.500. The molecule has 0 aliphatic rings. The molecule has 7 heavy (non-hydrogen) atoms. The number of alkyl halides is 1. The van der Waals surface area contributed by atoms with Crippen molar-refractivity contribution in [1.82, 2.24) is 0 Å². The van der Waals surface area contributed by atoms with Gasteiger partial charge in [0.1, 0.15) is 5.19 Å². The summed E-state index contributed by atoms with van der Waals surface area (Å²) in [5.41, 5.74) is 0. The smallest absolute Gasteiger partial charge is 0.109 e. The Morgan fingerprint density at radius 1 is 2.00 bits per heavy atom. The van der Waals surface area contributed by atoms with Crippen molar-refractivity contribution in [3.63, 3.8) is 0 Å². The summed E-state index contributed by atoms with van der Waals surface area (Å²) in [6.45, 7) is 4.03. The van der Waals surface area contributed by atoms with Gasteiger partial charge in [0.15, 0.2) is 0 Å². The lowest BCUT2D eigenvalue weighted by Crippen LogP contribution is -2.02. The van der Waals surface area contributed by atoms with E-state index in [9.17, 15) is 0 Å². The highest BCUT2D eigenvalue weighted by molar-refractivity contribution is 6.39. The molecular formula is C4H9ClOSi. The van der Waals surface area contributed by atoms with Crippen LogP contribution in [-0.4, -0.2) is 22.0 Å². The van der Waals surface area contributed by atoms with E-state index < -0.39 is 0 Å². The maximum atomic E-state index is 5.45. The lowest BCUT2D eigenvalue weighted by atomic mass is 10.7. The summed E-state index contributed by atoms with van der Waals surface area (Å²) >= 11 is 5.45. The first kappa shape index (κ1) is 7.21. The van der Waals surface area contributed by atoms with Crippen LogP contribution in [0.3, 0.4) is 0 Å². The molecule has 0 aromatic rings. The van der Waals surface area contributed by atoms with E-state index in [0.29, 0.717) is 6.61 Å². The summed E-state index contributed by atoms with van der Waals surface area (Å²) in [7, 11) is 0.879. The summed E-state index contributed by atoms with van der Waals surface area (Å²) in [6.07, 6.45) is 1.69. The molecule has 1 atom stereocenters. The van der Waals surface area contributed by atoms with E-state index in [1.807, 2.05) is 0 Å². The van der Waals surface area contributed by atoms with Gasteiger partial charge in [0.05, 0.1) is 16.8 Å². The van der Waals surface area contributed by atoms with Crippen LogP contribution < -0.4 is 0 Å². The Kier molecular flexibility index (Phi) is 4.50. The van der Waals surface area contributed by atoms with Crippen LogP contribution in [0, 0.1) is 0 Å². The first-order valence-electron chi connectivity index (χ1n) is 2.14. The third-order valence-corrected chi connectivity index (χ3v) is 0.903. The molecule has 1 unspecified atom stereocenters. The largest absolute Gasteiger partial charge is 0.363 e. The van der Waals surface area contributed by atoms with Crippen LogP contribution in [0.5, 0.6) is 0 Å². The van der Waals surface area contributed by atoms with Gasteiger partial charge >= 0.3 is 0 Å². The second-order valence-electron chi connectivity index (χ2n) is 1.17. The second kappa shape index (κ2) is 4.37. The van der Waals surface area contributed by atoms with Crippen LogP contribution in [-0.2, 0) is 4.74 Å². The molecule has 0 heterocycles. The van der Waals surface area contributed by atoms with Crippen LogP contribution >= 0.6 is 11.6 Å². The molecule has 0 fully saturated rings. The van der Waals surface area contributed by atoms with E-state index in [0.717, 1.165) is 10.2 Å². The molecule has 0 saturated carbocycles. The van der Waals surface area contributed by atoms with Gasteiger partial charge in [0.25, 0.3) is 0 Å². The van der Waals surface area contributed by atoms with Gasteiger partial charge < -0.3 is 4.74 Å². The summed E-state index contributed by atoms with van der Waals surface area (Å²) in [4.78, 5) is 0. The molecule has 0 radical (unpaired) electrons. The quantitative estimate of drug-likeness (QED) is 0.303. The number of halogens is 1. The molecule has 0 spiro atoms. The maximum absolute atomic E-state index is 5.45. The van der Waals surface area contributed by atoms with Crippen molar-refractivity contribution in [1.29, 1.82) is 0 Å². The van der Waals surface area contributed by atoms with E-state index in [2.05, 4.69) is 6.58 Å². The predicted molar refractivity (Wildman–Crippen MR) is 35.7 cm³/mol. The lowest BCUT2D eigenvalue weighted by molar-refractivity contribution is 0.185. The molecule has 0 saturated heterocycles. The predicted octanol–water partition coefficient (Wildman–Crippen LogP) is 0.0768. The van der Waals surface area contributed by atoms with Crippen LogP contribution in [0.15, 0.2) is 12.7 Å². The van der Waals surface area contributed by atoms with E-state index in [1.165, 1.54) is 0 Å². The highest BCUT2D eigenvalue weighted by Gasteiger charge is 1.88. The van der Waals surface area contributed by atoms with Gasteiger partial charge in [-0.2, -0.15) is 0 Å². The minimum atomic E-state index is -0.0574. The zero-order valence-electron chi connectivity index (χ0n) is 4.36. The van der Waals surface area contributed by atoms with Gasteiger partial charge in [0, 0.05) is 0 Å². The first-order chi connectivity index (χ1) is 3.27. The zero-order valence-corrected chi connectivity index (χ0v) is 7.11. The molecule has 0 amide bonds. The molecule has 0 aliphatic heterocycles. The minimum Gasteiger partial charge on any atom is -0.363 e. The summed E-state index contributed by atoms with van der Waals surface area (Å²) in [5, 5.41) is -0.0574. The molecule has 0 rings (SSSR count). The van der Waals surface area contributed by atoms with Gasteiger partial charge in [-0.1, -0.05) is 17.7 Å². The average Bonchev–Trinajstić information content (AvgIpc) is 1.61. The highest BCUT2D eigenvalue weighted by Crippen LogP contribution is 1.89. The van der Waals surface area contributed by atoms with E-state index in [4.69, 9.17) is 16.3 Å². The second-order valence-corrected chi connectivity index (χ2v) is 3.56. The molecule has 0 aliphatic carbocycles. The Morgan fingerprint density at radius 3 is 2.71 bits per heavy atom. The molecular weight excluding hydrogens is 128 g/mol. The van der Waals surface area contributed by atoms with Crippen LogP contribution in [0.2, 0.25) is 0 Å². The molecule has 42 valence electrons. The SMILES string of the molecule is C=CCOC([SiH3])Cl. The van der Waals surface area contributed by atoms with Gasteiger partial charge in [-0.3, -0.25) is 0 Å². The fourth-order valence-corrected chi connectivity index (χ4v) is 0.466. The third-order valence-electron chi connectivity index (χ3n) is 0.444. The lowest BCUT2D eigenvalue weighted by Gasteiger charge is -1.98. The molecule has 1 nitrogen and oxygen atoms in total. The van der Waals surface area contributed by atoms with Crippen molar-refractivity contribution in [2.45, 2.75) is 5.19 Å². The van der Waals surface area contributed by atoms with Gasteiger partial charge in [-0.25, -0.2) is 0 Å². The fourth-order valence-electron chi connectivity index (χ4n) is 0.201. The van der Waals surface area contributed by atoms with Crippen LogP contribution in [0.25, 0.3) is 0 Å². The van der Waals surface area contributed by atoms with Crippen LogP contribution in [0.4, 0.5) is 0 Å². The van der Waals surface area contributed by atoms with Crippen molar-refractivity contribution in [2.24, 2.45) is 0 Å². The topological polar surface area (TPSA) is 9.23 Å². The standard InChI is InChI=1S/C4H9ClOSi/c1-2-3-6-4(5)7/h2,4H,1,3H2,7H3. The van der Waals surface area contributed by atoms with Gasteiger partial charge in [-0.15, -0.1) is 6.58 Å². The molecule has 0 aromatic heterocycles. The number of rotatable bonds is 3. The van der Waals surface area contributed by atoms with Crippen molar-refractivity contribution >= 4 is 21.8 Å². The van der Waals surface area contributed by atoms with E-state index >= 15 is 0 Å². The Morgan fingerprint density at radius 2 is 2.57 bits per heavy atom. The Hall–Kier alpha value is 0.207. The van der Waals surface area contributed by atoms with Gasteiger partial charge in [0.2, 0.25) is 0 Å². The number of ether oxygens (including phenoxy) is 1. The Bertz CT molecular complexity index is 55.7. The summed E-state index contributed by atoms with van der Waals surface area (Å²) in [6, 6.07) is 0. The van der Waals surface area contributed by atoms with Crippen molar-refractivity contribution < 1.29 is 4.74 Å². The van der Waals surface area contributed by atoms with Gasteiger partial charge in [-0.05, 0) is 0 Å². The third kappa shape index (κ3) is 6.21. The van der Waals surface area contributed by atoms with Crippen LogP contribution in [0.1, 0.15) is 0 Å². The number of hydrogen-bond donors (Lipinski definition) is 0. The molecule has 3 heteroatoms. The van der Waals surface area contributed by atoms with E-state index in [1.54, 1.807) is 6.08 Å². The maximum Gasteiger partial charge on any atom is 0.109 e.